The normalized spacial score (nSPS) is 26.9. The second-order valence-corrected chi connectivity index (χ2v) is 6.87. The highest BCUT2D eigenvalue weighted by Gasteiger charge is 2.37. The lowest BCUT2D eigenvalue weighted by Crippen LogP contribution is -2.44. The SMILES string of the molecule is CSC1CC(OC(C)=O)[C@H](NC(=O)OC(C)(C)C)C1. The van der Waals surface area contributed by atoms with Crippen LogP contribution in [-0.4, -0.2) is 41.3 Å². The quantitative estimate of drug-likeness (QED) is 0.808. The first-order valence-electron chi connectivity index (χ1n) is 6.41. The number of carbonyl (C=O) groups excluding carboxylic acids is 2. The fourth-order valence-corrected chi connectivity index (χ4v) is 2.88. The van der Waals surface area contributed by atoms with Crippen molar-refractivity contribution < 1.29 is 19.1 Å². The predicted octanol–water partition coefficient (Wildman–Crippen LogP) is 2.34. The van der Waals surface area contributed by atoms with Gasteiger partial charge in [0.1, 0.15) is 11.7 Å². The van der Waals surface area contributed by atoms with Gasteiger partial charge in [0.25, 0.3) is 0 Å². The Labute approximate surface area is 118 Å². The van der Waals surface area contributed by atoms with Gasteiger partial charge in [0.05, 0.1) is 6.04 Å². The van der Waals surface area contributed by atoms with E-state index in [1.165, 1.54) is 6.92 Å². The number of alkyl carbamates (subject to hydrolysis) is 1. The molecule has 110 valence electrons. The number of amides is 1. The van der Waals surface area contributed by atoms with Crippen molar-refractivity contribution in [2.45, 2.75) is 63.5 Å². The summed E-state index contributed by atoms with van der Waals surface area (Å²) in [6.45, 7) is 6.83. The summed E-state index contributed by atoms with van der Waals surface area (Å²) in [6, 6.07) is -0.170. The molecule has 0 heterocycles. The Bertz CT molecular complexity index is 340. The van der Waals surface area contributed by atoms with Gasteiger partial charge in [0, 0.05) is 12.2 Å². The molecule has 0 saturated heterocycles. The van der Waals surface area contributed by atoms with Crippen LogP contribution in [0.3, 0.4) is 0 Å². The molecule has 0 aromatic carbocycles. The van der Waals surface area contributed by atoms with Gasteiger partial charge in [-0.2, -0.15) is 11.8 Å². The lowest BCUT2D eigenvalue weighted by atomic mass is 10.2. The average Bonchev–Trinajstić information content (AvgIpc) is 2.57. The highest BCUT2D eigenvalue weighted by molar-refractivity contribution is 7.99. The second kappa shape index (κ2) is 6.50. The summed E-state index contributed by atoms with van der Waals surface area (Å²) in [6.07, 6.45) is 2.85. The molecule has 0 spiro atoms. The topological polar surface area (TPSA) is 64.6 Å². The molecule has 0 aromatic rings. The highest BCUT2D eigenvalue weighted by Crippen LogP contribution is 2.31. The number of ether oxygens (including phenoxy) is 2. The van der Waals surface area contributed by atoms with Crippen LogP contribution in [0.15, 0.2) is 0 Å². The molecular weight excluding hydrogens is 266 g/mol. The summed E-state index contributed by atoms with van der Waals surface area (Å²) in [5, 5.41) is 3.20. The van der Waals surface area contributed by atoms with Gasteiger partial charge in [-0.25, -0.2) is 4.79 Å². The van der Waals surface area contributed by atoms with E-state index >= 15 is 0 Å². The van der Waals surface area contributed by atoms with Crippen LogP contribution >= 0.6 is 11.8 Å². The first-order chi connectivity index (χ1) is 8.71. The number of nitrogens with one attached hydrogen (secondary N) is 1. The smallest absolute Gasteiger partial charge is 0.408 e. The van der Waals surface area contributed by atoms with Crippen molar-refractivity contribution >= 4 is 23.8 Å². The number of hydrogen-bond acceptors (Lipinski definition) is 5. The zero-order chi connectivity index (χ0) is 14.6. The van der Waals surface area contributed by atoms with E-state index in [9.17, 15) is 9.59 Å². The standard InChI is InChI=1S/C13H23NO4S/c1-8(15)17-11-7-9(19-5)6-10(11)14-12(16)18-13(2,3)4/h9-11H,6-7H2,1-5H3,(H,14,16)/t9?,10-,11?/m1/s1. The van der Waals surface area contributed by atoms with Crippen LogP contribution in [0.1, 0.15) is 40.5 Å². The Morgan fingerprint density at radius 1 is 1.26 bits per heavy atom. The Balaban J connectivity index is 2.58. The third-order valence-electron chi connectivity index (χ3n) is 2.81. The van der Waals surface area contributed by atoms with E-state index in [1.54, 1.807) is 11.8 Å². The number of esters is 1. The number of rotatable bonds is 3. The zero-order valence-corrected chi connectivity index (χ0v) is 13.0. The molecule has 1 aliphatic rings. The van der Waals surface area contributed by atoms with E-state index in [4.69, 9.17) is 9.47 Å². The fraction of sp³-hybridized carbons (Fsp3) is 0.846. The maximum absolute atomic E-state index is 11.8. The highest BCUT2D eigenvalue weighted by atomic mass is 32.2. The van der Waals surface area contributed by atoms with E-state index in [2.05, 4.69) is 5.32 Å². The molecule has 0 radical (unpaired) electrons. The van der Waals surface area contributed by atoms with Crippen molar-refractivity contribution in [3.63, 3.8) is 0 Å². The van der Waals surface area contributed by atoms with E-state index in [0.717, 1.165) is 12.8 Å². The van der Waals surface area contributed by atoms with E-state index in [-0.39, 0.29) is 18.1 Å². The van der Waals surface area contributed by atoms with Gasteiger partial charge < -0.3 is 14.8 Å². The van der Waals surface area contributed by atoms with Gasteiger partial charge in [-0.05, 0) is 39.9 Å². The van der Waals surface area contributed by atoms with Gasteiger partial charge in [-0.15, -0.1) is 0 Å². The minimum atomic E-state index is -0.529. The molecular formula is C13H23NO4S. The molecule has 3 atom stereocenters. The third-order valence-corrected chi connectivity index (χ3v) is 3.87. The van der Waals surface area contributed by atoms with Crippen molar-refractivity contribution in [1.82, 2.24) is 5.32 Å². The number of thioether (sulfide) groups is 1. The zero-order valence-electron chi connectivity index (χ0n) is 12.2. The molecule has 2 unspecified atom stereocenters. The largest absolute Gasteiger partial charge is 0.460 e. The molecule has 0 aliphatic heterocycles. The summed E-state index contributed by atoms with van der Waals surface area (Å²) < 4.78 is 10.5. The monoisotopic (exact) mass is 289 g/mol. The molecule has 1 N–H and O–H groups in total. The van der Waals surface area contributed by atoms with Gasteiger partial charge in [-0.3, -0.25) is 4.79 Å². The molecule has 1 aliphatic carbocycles. The summed E-state index contributed by atoms with van der Waals surface area (Å²) >= 11 is 1.72. The maximum atomic E-state index is 11.8. The van der Waals surface area contributed by atoms with E-state index in [1.807, 2.05) is 27.0 Å². The lowest BCUT2D eigenvalue weighted by molar-refractivity contribution is -0.146. The van der Waals surface area contributed by atoms with E-state index < -0.39 is 11.7 Å². The first-order valence-corrected chi connectivity index (χ1v) is 7.69. The third kappa shape index (κ3) is 5.72. The molecule has 0 aromatic heterocycles. The average molecular weight is 289 g/mol. The fourth-order valence-electron chi connectivity index (χ4n) is 2.10. The van der Waals surface area contributed by atoms with Crippen LogP contribution in [0, 0.1) is 0 Å². The molecule has 0 bridgehead atoms. The van der Waals surface area contributed by atoms with Crippen molar-refractivity contribution in [3.8, 4) is 0 Å². The Morgan fingerprint density at radius 3 is 2.37 bits per heavy atom. The number of hydrogen-bond donors (Lipinski definition) is 1. The summed E-state index contributed by atoms with van der Waals surface area (Å²) in [4.78, 5) is 22.8. The molecule has 1 amide bonds. The van der Waals surface area contributed by atoms with Crippen LogP contribution in [0.2, 0.25) is 0 Å². The maximum Gasteiger partial charge on any atom is 0.408 e. The Morgan fingerprint density at radius 2 is 1.89 bits per heavy atom. The van der Waals surface area contributed by atoms with Crippen LogP contribution in [0.4, 0.5) is 4.79 Å². The molecule has 1 rings (SSSR count). The summed E-state index contributed by atoms with van der Waals surface area (Å²) in [5.41, 5.74) is -0.529. The first kappa shape index (κ1) is 16.1. The summed E-state index contributed by atoms with van der Waals surface area (Å²) in [7, 11) is 0. The molecule has 5 nitrogen and oxygen atoms in total. The number of carbonyl (C=O) groups is 2. The van der Waals surface area contributed by atoms with Crippen molar-refractivity contribution in [2.75, 3.05) is 6.26 Å². The van der Waals surface area contributed by atoms with Gasteiger partial charge in [0.2, 0.25) is 0 Å². The minimum Gasteiger partial charge on any atom is -0.460 e. The Kier molecular flexibility index (Phi) is 5.52. The van der Waals surface area contributed by atoms with Crippen LogP contribution in [-0.2, 0) is 14.3 Å². The lowest BCUT2D eigenvalue weighted by Gasteiger charge is -2.24. The van der Waals surface area contributed by atoms with Crippen molar-refractivity contribution in [2.24, 2.45) is 0 Å². The predicted molar refractivity (Wildman–Crippen MR) is 75.2 cm³/mol. The summed E-state index contributed by atoms with van der Waals surface area (Å²) in [5.74, 6) is -0.317. The van der Waals surface area contributed by atoms with Crippen molar-refractivity contribution in [3.05, 3.63) is 0 Å². The van der Waals surface area contributed by atoms with Gasteiger partial charge in [-0.1, -0.05) is 0 Å². The second-order valence-electron chi connectivity index (χ2n) is 5.73. The van der Waals surface area contributed by atoms with Crippen LogP contribution in [0.25, 0.3) is 0 Å². The van der Waals surface area contributed by atoms with Crippen molar-refractivity contribution in [1.29, 1.82) is 0 Å². The van der Waals surface area contributed by atoms with Gasteiger partial charge >= 0.3 is 12.1 Å². The molecule has 19 heavy (non-hydrogen) atoms. The Hall–Kier alpha value is -0.910. The van der Waals surface area contributed by atoms with Gasteiger partial charge in [0.15, 0.2) is 0 Å². The van der Waals surface area contributed by atoms with E-state index in [0.29, 0.717) is 5.25 Å². The molecule has 1 fully saturated rings. The minimum absolute atomic E-state index is 0.170. The molecule has 6 heteroatoms. The molecule has 1 saturated carbocycles. The van der Waals surface area contributed by atoms with Crippen LogP contribution < -0.4 is 5.32 Å². The van der Waals surface area contributed by atoms with Crippen LogP contribution in [0.5, 0.6) is 0 Å².